The van der Waals surface area contributed by atoms with Gasteiger partial charge in [-0.25, -0.2) is 4.98 Å². The Morgan fingerprint density at radius 1 is 1.04 bits per heavy atom. The van der Waals surface area contributed by atoms with Gasteiger partial charge in [0, 0.05) is 37.1 Å². The highest BCUT2D eigenvalue weighted by atomic mass is 32.1. The van der Waals surface area contributed by atoms with Crippen molar-refractivity contribution >= 4 is 44.5 Å². The molecular weight excluding hydrogens is 370 g/mol. The molecule has 0 unspecified atom stereocenters. The number of hydrogen-bond acceptors (Lipinski definition) is 6. The highest BCUT2D eigenvalue weighted by molar-refractivity contribution is 7.21. The molecule has 0 saturated heterocycles. The van der Waals surface area contributed by atoms with Gasteiger partial charge in [0.2, 0.25) is 0 Å². The zero-order valence-electron chi connectivity index (χ0n) is 15.5. The third-order valence-electron chi connectivity index (χ3n) is 4.37. The quantitative estimate of drug-likeness (QED) is 0.545. The average molecular weight is 389 g/mol. The summed E-state index contributed by atoms with van der Waals surface area (Å²) in [6.45, 7) is 0. The molecule has 0 radical (unpaired) electrons. The minimum Gasteiger partial charge on any atom is -0.397 e. The maximum atomic E-state index is 12.7. The first kappa shape index (κ1) is 17.9. The number of pyridine rings is 2. The number of carbonyl (C=O) groups is 1. The summed E-state index contributed by atoms with van der Waals surface area (Å²) in [7, 11) is 3.94. The fraction of sp³-hybridized carbons (Fsp3) is 0.0952. The van der Waals surface area contributed by atoms with Crippen molar-refractivity contribution in [3.63, 3.8) is 0 Å². The third kappa shape index (κ3) is 3.39. The standard InChI is InChI=1S/C21H19N5OS/c1-26(2)14-8-6-13(7-9-14)24-20(27)19-18(22)15-10-11-17(25-21(15)28-19)16-5-3-4-12-23-16/h3-12H,22H2,1-2H3,(H,24,27). The monoisotopic (exact) mass is 389 g/mol. The van der Waals surface area contributed by atoms with Crippen LogP contribution < -0.4 is 16.0 Å². The lowest BCUT2D eigenvalue weighted by Gasteiger charge is -2.12. The van der Waals surface area contributed by atoms with Crippen LogP contribution in [0.15, 0.2) is 60.8 Å². The molecule has 0 spiro atoms. The number of nitrogens with two attached hydrogens (primary N) is 1. The second-order valence-electron chi connectivity index (χ2n) is 6.50. The molecular formula is C21H19N5OS. The molecule has 3 heterocycles. The summed E-state index contributed by atoms with van der Waals surface area (Å²) >= 11 is 1.28. The Bertz CT molecular complexity index is 1140. The number of hydrogen-bond donors (Lipinski definition) is 2. The molecule has 0 saturated carbocycles. The molecule has 0 aliphatic rings. The summed E-state index contributed by atoms with van der Waals surface area (Å²) in [4.78, 5) is 24.9. The molecule has 3 N–H and O–H groups in total. The summed E-state index contributed by atoms with van der Waals surface area (Å²) in [5, 5.41) is 3.68. The molecule has 28 heavy (non-hydrogen) atoms. The average Bonchev–Trinajstić information content (AvgIpc) is 3.05. The van der Waals surface area contributed by atoms with Gasteiger partial charge in [0.15, 0.2) is 0 Å². The Morgan fingerprint density at radius 3 is 2.50 bits per heavy atom. The van der Waals surface area contributed by atoms with Gasteiger partial charge in [-0.3, -0.25) is 9.78 Å². The van der Waals surface area contributed by atoms with Crippen molar-refractivity contribution in [1.82, 2.24) is 9.97 Å². The van der Waals surface area contributed by atoms with E-state index < -0.39 is 0 Å². The van der Waals surface area contributed by atoms with Crippen LogP contribution in [-0.2, 0) is 0 Å². The first-order chi connectivity index (χ1) is 13.5. The maximum absolute atomic E-state index is 12.7. The summed E-state index contributed by atoms with van der Waals surface area (Å²) in [6, 6.07) is 17.1. The van der Waals surface area contributed by atoms with E-state index in [0.717, 1.165) is 28.1 Å². The van der Waals surface area contributed by atoms with Crippen molar-refractivity contribution in [3.8, 4) is 11.4 Å². The van der Waals surface area contributed by atoms with Gasteiger partial charge in [-0.2, -0.15) is 0 Å². The van der Waals surface area contributed by atoms with Crippen molar-refractivity contribution in [3.05, 3.63) is 65.7 Å². The second kappa shape index (κ2) is 7.28. The van der Waals surface area contributed by atoms with E-state index in [4.69, 9.17) is 5.73 Å². The van der Waals surface area contributed by atoms with Gasteiger partial charge in [-0.1, -0.05) is 6.07 Å². The molecule has 140 valence electrons. The number of anilines is 3. The number of rotatable bonds is 4. The topological polar surface area (TPSA) is 84.1 Å². The Labute approximate surface area is 166 Å². The number of thiophene rings is 1. The largest absolute Gasteiger partial charge is 0.397 e. The first-order valence-corrected chi connectivity index (χ1v) is 9.54. The van der Waals surface area contributed by atoms with Crippen molar-refractivity contribution in [1.29, 1.82) is 0 Å². The van der Waals surface area contributed by atoms with Gasteiger partial charge in [0.1, 0.15) is 9.71 Å². The van der Waals surface area contributed by atoms with Crippen molar-refractivity contribution in [2.45, 2.75) is 0 Å². The Balaban J connectivity index is 1.62. The van der Waals surface area contributed by atoms with Crippen LogP contribution in [0.4, 0.5) is 17.1 Å². The van der Waals surface area contributed by atoms with E-state index >= 15 is 0 Å². The molecule has 0 fully saturated rings. The SMILES string of the molecule is CN(C)c1ccc(NC(=O)c2sc3nc(-c4ccccn4)ccc3c2N)cc1. The summed E-state index contributed by atoms with van der Waals surface area (Å²) < 4.78 is 0. The molecule has 1 aromatic carbocycles. The number of carbonyl (C=O) groups excluding carboxylic acids is 1. The summed E-state index contributed by atoms with van der Waals surface area (Å²) in [5.41, 5.74) is 9.99. The van der Waals surface area contributed by atoms with Crippen molar-refractivity contribution in [2.24, 2.45) is 0 Å². The lowest BCUT2D eigenvalue weighted by Crippen LogP contribution is -2.12. The van der Waals surface area contributed by atoms with Crippen LogP contribution >= 0.6 is 11.3 Å². The molecule has 0 aliphatic heterocycles. The van der Waals surface area contributed by atoms with E-state index in [9.17, 15) is 4.79 Å². The van der Waals surface area contributed by atoms with Gasteiger partial charge in [-0.05, 0) is 48.5 Å². The lowest BCUT2D eigenvalue weighted by molar-refractivity contribution is 0.103. The molecule has 3 aromatic heterocycles. The van der Waals surface area contributed by atoms with E-state index in [2.05, 4.69) is 15.3 Å². The van der Waals surface area contributed by atoms with E-state index in [1.165, 1.54) is 11.3 Å². The second-order valence-corrected chi connectivity index (χ2v) is 7.50. The summed E-state index contributed by atoms with van der Waals surface area (Å²) in [6.07, 6.45) is 1.73. The number of nitrogen functional groups attached to an aromatic ring is 1. The van der Waals surface area contributed by atoms with Crippen LogP contribution in [-0.4, -0.2) is 30.0 Å². The Kier molecular flexibility index (Phi) is 4.67. The van der Waals surface area contributed by atoms with Crippen LogP contribution in [0.5, 0.6) is 0 Å². The van der Waals surface area contributed by atoms with E-state index in [1.807, 2.05) is 73.6 Å². The van der Waals surface area contributed by atoms with Crippen molar-refractivity contribution < 1.29 is 4.79 Å². The maximum Gasteiger partial charge on any atom is 0.267 e. The third-order valence-corrected chi connectivity index (χ3v) is 5.48. The molecule has 0 atom stereocenters. The number of amides is 1. The van der Waals surface area contributed by atoms with E-state index in [-0.39, 0.29) is 5.91 Å². The minimum absolute atomic E-state index is 0.238. The fourth-order valence-corrected chi connectivity index (χ4v) is 3.84. The number of aromatic nitrogens is 2. The van der Waals surface area contributed by atoms with Crippen LogP contribution in [0.2, 0.25) is 0 Å². The van der Waals surface area contributed by atoms with Crippen LogP contribution in [0.25, 0.3) is 21.6 Å². The van der Waals surface area contributed by atoms with Gasteiger partial charge in [-0.15, -0.1) is 11.3 Å². The normalized spacial score (nSPS) is 10.8. The van der Waals surface area contributed by atoms with Gasteiger partial charge < -0.3 is 16.0 Å². The fourth-order valence-electron chi connectivity index (χ4n) is 2.85. The van der Waals surface area contributed by atoms with E-state index in [1.54, 1.807) is 6.20 Å². The van der Waals surface area contributed by atoms with Crippen LogP contribution in [0, 0.1) is 0 Å². The zero-order valence-corrected chi connectivity index (χ0v) is 16.3. The first-order valence-electron chi connectivity index (χ1n) is 8.72. The van der Waals surface area contributed by atoms with Crippen LogP contribution in [0.3, 0.4) is 0 Å². The number of nitrogens with one attached hydrogen (secondary N) is 1. The van der Waals surface area contributed by atoms with E-state index in [0.29, 0.717) is 15.4 Å². The zero-order chi connectivity index (χ0) is 19.7. The van der Waals surface area contributed by atoms with Crippen LogP contribution in [0.1, 0.15) is 9.67 Å². The van der Waals surface area contributed by atoms with Gasteiger partial charge >= 0.3 is 0 Å². The molecule has 6 nitrogen and oxygen atoms in total. The predicted octanol–water partition coefficient (Wildman–Crippen LogP) is 4.26. The smallest absolute Gasteiger partial charge is 0.267 e. The molecule has 4 rings (SSSR count). The minimum atomic E-state index is -0.238. The Hall–Kier alpha value is -3.45. The molecule has 1 amide bonds. The molecule has 0 bridgehead atoms. The number of benzene rings is 1. The predicted molar refractivity (Wildman–Crippen MR) is 116 cm³/mol. The number of fused-ring (bicyclic) bond motifs is 1. The molecule has 7 heteroatoms. The van der Waals surface area contributed by atoms with Gasteiger partial charge in [0.25, 0.3) is 5.91 Å². The molecule has 0 aliphatic carbocycles. The highest BCUT2D eigenvalue weighted by Gasteiger charge is 2.18. The summed E-state index contributed by atoms with van der Waals surface area (Å²) in [5.74, 6) is -0.238. The van der Waals surface area contributed by atoms with Gasteiger partial charge in [0.05, 0.1) is 17.1 Å². The Morgan fingerprint density at radius 2 is 1.82 bits per heavy atom. The lowest BCUT2D eigenvalue weighted by atomic mass is 10.2. The number of nitrogens with zero attached hydrogens (tertiary/aromatic N) is 3. The molecule has 4 aromatic rings. The van der Waals surface area contributed by atoms with Crippen molar-refractivity contribution in [2.75, 3.05) is 30.0 Å². The highest BCUT2D eigenvalue weighted by Crippen LogP contribution is 2.34.